The predicted octanol–water partition coefficient (Wildman–Crippen LogP) is -2.14. The molecule has 0 amide bonds. The van der Waals surface area contributed by atoms with Gasteiger partial charge < -0.3 is 54.3 Å². The van der Waals surface area contributed by atoms with Gasteiger partial charge in [0.2, 0.25) is 0 Å². The zero-order valence-electron chi connectivity index (χ0n) is 17.8. The van der Waals surface area contributed by atoms with Gasteiger partial charge in [0, 0.05) is 7.11 Å². The average Bonchev–Trinajstić information content (AvgIpc) is 2.76. The summed E-state index contributed by atoms with van der Waals surface area (Å²) in [6.07, 6.45) is -11.8. The number of hydrogen-bond acceptors (Lipinski definition) is 11. The van der Waals surface area contributed by atoms with Crippen LogP contribution in [0.25, 0.3) is 0 Å². The van der Waals surface area contributed by atoms with Crippen molar-refractivity contribution in [3.8, 4) is 0 Å². The van der Waals surface area contributed by atoms with Gasteiger partial charge in [0.25, 0.3) is 0 Å². The van der Waals surface area contributed by atoms with Crippen molar-refractivity contribution in [2.24, 2.45) is 0 Å². The highest BCUT2D eigenvalue weighted by molar-refractivity contribution is 4.95. The van der Waals surface area contributed by atoms with Crippen LogP contribution in [-0.2, 0) is 23.7 Å². The van der Waals surface area contributed by atoms with Crippen molar-refractivity contribution >= 4 is 0 Å². The molecule has 11 nitrogen and oxygen atoms in total. The second-order valence-electron chi connectivity index (χ2n) is 7.99. The SMILES string of the molecule is CCC(C)(CC)OC1C(CO)OC(OC2C(CO)OC(OC)C(O)C2O)C(O)C1O. The fourth-order valence-electron chi connectivity index (χ4n) is 3.63. The molecule has 0 aliphatic carbocycles. The molecule has 6 N–H and O–H groups in total. The Bertz CT molecular complexity index is 513. The van der Waals surface area contributed by atoms with Crippen LogP contribution < -0.4 is 0 Å². The van der Waals surface area contributed by atoms with E-state index in [0.29, 0.717) is 12.8 Å². The lowest BCUT2D eigenvalue weighted by Gasteiger charge is -2.47. The Morgan fingerprint density at radius 3 is 1.73 bits per heavy atom. The molecule has 2 saturated heterocycles. The summed E-state index contributed by atoms with van der Waals surface area (Å²) in [5.74, 6) is 0. The highest BCUT2D eigenvalue weighted by atomic mass is 16.7. The summed E-state index contributed by atoms with van der Waals surface area (Å²) >= 11 is 0. The molecule has 10 atom stereocenters. The molecule has 0 spiro atoms. The number of methoxy groups -OCH3 is 1. The van der Waals surface area contributed by atoms with Gasteiger partial charge in [0.05, 0.1) is 18.8 Å². The van der Waals surface area contributed by atoms with Gasteiger partial charge >= 0.3 is 0 Å². The zero-order chi connectivity index (χ0) is 22.6. The van der Waals surface area contributed by atoms with Crippen LogP contribution in [0.4, 0.5) is 0 Å². The third kappa shape index (κ3) is 5.30. The third-order valence-electron chi connectivity index (χ3n) is 6.08. The molecule has 0 aromatic rings. The van der Waals surface area contributed by atoms with E-state index in [1.165, 1.54) is 7.11 Å². The van der Waals surface area contributed by atoms with Crippen molar-refractivity contribution in [2.75, 3.05) is 20.3 Å². The van der Waals surface area contributed by atoms with E-state index >= 15 is 0 Å². The molecule has 178 valence electrons. The van der Waals surface area contributed by atoms with Crippen molar-refractivity contribution < 1.29 is 54.3 Å². The topological polar surface area (TPSA) is 168 Å². The standard InChI is InChI=1S/C19H36O11/c1-5-19(3,6-2)30-16-10(8-21)28-18(14(25)12(16)23)29-15-9(7-20)27-17(26-4)13(24)11(15)22/h9-18,20-25H,5-8H2,1-4H3. The van der Waals surface area contributed by atoms with Gasteiger partial charge in [-0.2, -0.15) is 0 Å². The number of hydrogen-bond donors (Lipinski definition) is 6. The summed E-state index contributed by atoms with van der Waals surface area (Å²) in [7, 11) is 1.27. The van der Waals surface area contributed by atoms with Crippen LogP contribution in [0, 0.1) is 0 Å². The maximum Gasteiger partial charge on any atom is 0.187 e. The first-order chi connectivity index (χ1) is 14.2. The predicted molar refractivity (Wildman–Crippen MR) is 101 cm³/mol. The maximum absolute atomic E-state index is 10.7. The van der Waals surface area contributed by atoms with Gasteiger partial charge in [-0.25, -0.2) is 0 Å². The fourth-order valence-corrected chi connectivity index (χ4v) is 3.63. The molecule has 11 heteroatoms. The second kappa shape index (κ2) is 10.9. The summed E-state index contributed by atoms with van der Waals surface area (Å²) in [4.78, 5) is 0. The molecule has 10 unspecified atom stereocenters. The van der Waals surface area contributed by atoms with Crippen LogP contribution in [0.5, 0.6) is 0 Å². The van der Waals surface area contributed by atoms with Gasteiger partial charge in [-0.1, -0.05) is 13.8 Å². The van der Waals surface area contributed by atoms with E-state index in [4.69, 9.17) is 23.7 Å². The molecule has 30 heavy (non-hydrogen) atoms. The Kier molecular flexibility index (Phi) is 9.40. The smallest absolute Gasteiger partial charge is 0.187 e. The lowest BCUT2D eigenvalue weighted by atomic mass is 9.94. The number of aliphatic hydroxyl groups excluding tert-OH is 6. The molecule has 0 saturated carbocycles. The normalized spacial score (nSPS) is 43.0. The van der Waals surface area contributed by atoms with E-state index in [2.05, 4.69) is 0 Å². The van der Waals surface area contributed by atoms with Crippen LogP contribution in [0.3, 0.4) is 0 Å². The van der Waals surface area contributed by atoms with Crippen LogP contribution in [0.1, 0.15) is 33.6 Å². The van der Waals surface area contributed by atoms with Gasteiger partial charge in [-0.05, 0) is 19.8 Å². The number of aliphatic hydroxyl groups is 6. The van der Waals surface area contributed by atoms with Crippen molar-refractivity contribution in [3.05, 3.63) is 0 Å². The minimum absolute atomic E-state index is 0.515. The first-order valence-corrected chi connectivity index (χ1v) is 10.3. The van der Waals surface area contributed by atoms with E-state index < -0.39 is 80.2 Å². The van der Waals surface area contributed by atoms with E-state index in [9.17, 15) is 30.6 Å². The summed E-state index contributed by atoms with van der Waals surface area (Å²) in [5, 5.41) is 61.1. The fraction of sp³-hybridized carbons (Fsp3) is 1.00. The first kappa shape index (κ1) is 25.8. The van der Waals surface area contributed by atoms with Gasteiger partial charge in [-0.15, -0.1) is 0 Å². The zero-order valence-corrected chi connectivity index (χ0v) is 17.8. The molecule has 0 aromatic carbocycles. The highest BCUT2D eigenvalue weighted by Gasteiger charge is 2.51. The van der Waals surface area contributed by atoms with Crippen LogP contribution in [0.2, 0.25) is 0 Å². The highest BCUT2D eigenvalue weighted by Crippen LogP contribution is 2.33. The van der Waals surface area contributed by atoms with E-state index in [1.54, 1.807) is 0 Å². The Morgan fingerprint density at radius 1 is 0.767 bits per heavy atom. The largest absolute Gasteiger partial charge is 0.394 e. The quantitative estimate of drug-likeness (QED) is 0.231. The van der Waals surface area contributed by atoms with E-state index in [-0.39, 0.29) is 0 Å². The maximum atomic E-state index is 10.7. The Morgan fingerprint density at radius 2 is 1.23 bits per heavy atom. The lowest BCUT2D eigenvalue weighted by Crippen LogP contribution is -2.65. The average molecular weight is 440 g/mol. The first-order valence-electron chi connectivity index (χ1n) is 10.3. The lowest BCUT2D eigenvalue weighted by molar-refractivity contribution is -0.364. The van der Waals surface area contributed by atoms with Crippen LogP contribution in [0.15, 0.2) is 0 Å². The van der Waals surface area contributed by atoms with Gasteiger partial charge in [0.15, 0.2) is 12.6 Å². The molecule has 2 aliphatic rings. The van der Waals surface area contributed by atoms with Crippen LogP contribution >= 0.6 is 0 Å². The van der Waals surface area contributed by atoms with Crippen molar-refractivity contribution in [2.45, 2.75) is 101 Å². The van der Waals surface area contributed by atoms with E-state index in [0.717, 1.165) is 0 Å². The second-order valence-corrected chi connectivity index (χ2v) is 7.99. The van der Waals surface area contributed by atoms with Crippen molar-refractivity contribution in [3.63, 3.8) is 0 Å². The number of ether oxygens (including phenoxy) is 5. The Hall–Kier alpha value is -0.440. The Balaban J connectivity index is 2.16. The monoisotopic (exact) mass is 440 g/mol. The van der Waals surface area contributed by atoms with Gasteiger partial charge in [-0.3, -0.25) is 0 Å². The van der Waals surface area contributed by atoms with E-state index in [1.807, 2.05) is 20.8 Å². The minimum Gasteiger partial charge on any atom is -0.394 e. The molecular weight excluding hydrogens is 404 g/mol. The summed E-state index contributed by atoms with van der Waals surface area (Å²) < 4.78 is 27.5. The molecule has 2 rings (SSSR count). The Labute approximate surface area is 176 Å². The third-order valence-corrected chi connectivity index (χ3v) is 6.08. The molecule has 0 aromatic heterocycles. The van der Waals surface area contributed by atoms with Crippen molar-refractivity contribution in [1.82, 2.24) is 0 Å². The molecule has 2 aliphatic heterocycles. The molecule has 2 heterocycles. The number of rotatable bonds is 9. The summed E-state index contributed by atoms with van der Waals surface area (Å²) in [6, 6.07) is 0. The molecule has 2 fully saturated rings. The van der Waals surface area contributed by atoms with Crippen LogP contribution in [-0.4, -0.2) is 118 Å². The summed E-state index contributed by atoms with van der Waals surface area (Å²) in [6.45, 7) is 4.62. The van der Waals surface area contributed by atoms with Gasteiger partial charge in [0.1, 0.15) is 48.8 Å². The van der Waals surface area contributed by atoms with Crippen molar-refractivity contribution in [1.29, 1.82) is 0 Å². The minimum atomic E-state index is -1.58. The summed E-state index contributed by atoms with van der Waals surface area (Å²) in [5.41, 5.74) is -0.593. The molecular formula is C19H36O11. The molecule has 0 radical (unpaired) electrons. The molecule has 0 bridgehead atoms.